The highest BCUT2D eigenvalue weighted by molar-refractivity contribution is 5.19. The molecule has 1 atom stereocenters. The molecule has 1 heterocycles. The van der Waals surface area contributed by atoms with Gasteiger partial charge in [0.15, 0.2) is 0 Å². The van der Waals surface area contributed by atoms with Gasteiger partial charge in [-0.05, 0) is 24.5 Å². The van der Waals surface area contributed by atoms with Gasteiger partial charge < -0.3 is 5.73 Å². The molecule has 0 saturated carbocycles. The molecule has 1 aromatic heterocycles. The Morgan fingerprint density at radius 1 is 1.62 bits per heavy atom. The van der Waals surface area contributed by atoms with Gasteiger partial charge in [0, 0.05) is 24.9 Å². The normalized spacial score (nSPS) is 12.1. The summed E-state index contributed by atoms with van der Waals surface area (Å²) in [5.74, 6) is 2.58. The van der Waals surface area contributed by atoms with Crippen LogP contribution in [0.5, 0.6) is 0 Å². The molecule has 0 aliphatic carbocycles. The maximum atomic E-state index is 5.91. The first-order chi connectivity index (χ1) is 6.24. The summed E-state index contributed by atoms with van der Waals surface area (Å²) < 4.78 is 0. The summed E-state index contributed by atoms with van der Waals surface area (Å²) in [5, 5.41) is 0. The van der Waals surface area contributed by atoms with Crippen molar-refractivity contribution in [3.63, 3.8) is 0 Å². The molecule has 0 bridgehead atoms. The Labute approximate surface area is 79.2 Å². The van der Waals surface area contributed by atoms with E-state index in [0.717, 1.165) is 24.0 Å². The summed E-state index contributed by atoms with van der Waals surface area (Å²) in [6.07, 6.45) is 10.3. The van der Waals surface area contributed by atoms with Crippen LogP contribution >= 0.6 is 0 Å². The largest absolute Gasteiger partial charge is 0.324 e. The van der Waals surface area contributed by atoms with Gasteiger partial charge in [-0.25, -0.2) is 0 Å². The highest BCUT2D eigenvalue weighted by Crippen LogP contribution is 2.14. The van der Waals surface area contributed by atoms with Crippen LogP contribution in [0.3, 0.4) is 0 Å². The third kappa shape index (κ3) is 2.89. The number of pyridine rings is 1. The molecule has 0 amide bonds. The van der Waals surface area contributed by atoms with Gasteiger partial charge >= 0.3 is 0 Å². The van der Waals surface area contributed by atoms with Gasteiger partial charge in [-0.1, -0.05) is 6.07 Å². The van der Waals surface area contributed by atoms with Crippen molar-refractivity contribution >= 4 is 0 Å². The van der Waals surface area contributed by atoms with Crippen LogP contribution in [0.15, 0.2) is 18.5 Å². The molecule has 2 N–H and O–H groups in total. The molecule has 0 radical (unpaired) electrons. The summed E-state index contributed by atoms with van der Waals surface area (Å²) in [6.45, 7) is 2.00. The minimum absolute atomic E-state index is 0.0171. The number of aromatic nitrogens is 1. The average Bonchev–Trinajstić information content (AvgIpc) is 2.14. The Morgan fingerprint density at radius 3 is 3.00 bits per heavy atom. The van der Waals surface area contributed by atoms with E-state index in [1.165, 1.54) is 0 Å². The van der Waals surface area contributed by atoms with E-state index in [-0.39, 0.29) is 6.04 Å². The van der Waals surface area contributed by atoms with Crippen LogP contribution in [0.4, 0.5) is 0 Å². The lowest BCUT2D eigenvalue weighted by Crippen LogP contribution is -2.10. The zero-order valence-electron chi connectivity index (χ0n) is 7.83. The van der Waals surface area contributed by atoms with Gasteiger partial charge in [0.25, 0.3) is 0 Å². The van der Waals surface area contributed by atoms with Crippen molar-refractivity contribution in [1.82, 2.24) is 4.98 Å². The first kappa shape index (κ1) is 9.76. The smallest absolute Gasteiger partial charge is 0.0319 e. The van der Waals surface area contributed by atoms with E-state index < -0.39 is 0 Å². The Hall–Kier alpha value is -1.33. The number of nitrogens with zero attached hydrogens (tertiary/aromatic N) is 1. The minimum atomic E-state index is 0.0171. The third-order valence-corrected chi connectivity index (χ3v) is 1.92. The van der Waals surface area contributed by atoms with E-state index in [9.17, 15) is 0 Å². The molecular weight excluding hydrogens is 160 g/mol. The van der Waals surface area contributed by atoms with Gasteiger partial charge in [-0.3, -0.25) is 4.98 Å². The zero-order valence-corrected chi connectivity index (χ0v) is 7.83. The van der Waals surface area contributed by atoms with Crippen molar-refractivity contribution < 1.29 is 0 Å². The monoisotopic (exact) mass is 174 g/mol. The summed E-state index contributed by atoms with van der Waals surface area (Å²) in [7, 11) is 0. The fraction of sp³-hybridized carbons (Fsp3) is 0.364. The number of hydrogen-bond donors (Lipinski definition) is 1. The van der Waals surface area contributed by atoms with E-state index in [1.54, 1.807) is 6.20 Å². The number of nitrogens with two attached hydrogens (primary N) is 1. The highest BCUT2D eigenvalue weighted by Gasteiger charge is 2.04. The Morgan fingerprint density at radius 2 is 2.38 bits per heavy atom. The van der Waals surface area contributed by atoms with E-state index in [1.807, 2.05) is 19.2 Å². The van der Waals surface area contributed by atoms with Gasteiger partial charge in [0.1, 0.15) is 0 Å². The first-order valence-corrected chi connectivity index (χ1v) is 4.34. The highest BCUT2D eigenvalue weighted by atomic mass is 14.7. The van der Waals surface area contributed by atoms with Crippen LogP contribution in [0, 0.1) is 19.3 Å². The summed E-state index contributed by atoms with van der Waals surface area (Å²) >= 11 is 0. The standard InChI is InChI=1S/C11H14N2/c1-3-4-5-11(12)10-6-9(2)7-13-8-10/h1,6-8,11H,4-5,12H2,2H3. The molecule has 1 aromatic rings. The second-order valence-electron chi connectivity index (χ2n) is 3.14. The fourth-order valence-electron chi connectivity index (χ4n) is 1.19. The van der Waals surface area contributed by atoms with Crippen molar-refractivity contribution in [2.24, 2.45) is 5.73 Å². The topological polar surface area (TPSA) is 38.9 Å². The molecule has 13 heavy (non-hydrogen) atoms. The maximum Gasteiger partial charge on any atom is 0.0319 e. The molecule has 68 valence electrons. The molecule has 2 heteroatoms. The molecule has 0 spiro atoms. The summed E-state index contributed by atoms with van der Waals surface area (Å²) in [4.78, 5) is 4.08. The van der Waals surface area contributed by atoms with Crippen molar-refractivity contribution in [2.45, 2.75) is 25.8 Å². The molecule has 1 unspecified atom stereocenters. The summed E-state index contributed by atoms with van der Waals surface area (Å²) in [5.41, 5.74) is 8.11. The van der Waals surface area contributed by atoms with Crippen molar-refractivity contribution in [2.75, 3.05) is 0 Å². The van der Waals surface area contributed by atoms with E-state index >= 15 is 0 Å². The van der Waals surface area contributed by atoms with Crippen molar-refractivity contribution in [1.29, 1.82) is 0 Å². The second-order valence-corrected chi connectivity index (χ2v) is 3.14. The Balaban J connectivity index is 2.66. The first-order valence-electron chi connectivity index (χ1n) is 4.34. The number of hydrogen-bond acceptors (Lipinski definition) is 2. The predicted octanol–water partition coefficient (Wildman–Crippen LogP) is 1.80. The second kappa shape index (κ2) is 4.64. The van der Waals surface area contributed by atoms with Crippen LogP contribution in [0.2, 0.25) is 0 Å². The van der Waals surface area contributed by atoms with Gasteiger partial charge in [0.05, 0.1) is 0 Å². The molecular formula is C11H14N2. The van der Waals surface area contributed by atoms with E-state index in [4.69, 9.17) is 12.2 Å². The molecule has 0 saturated heterocycles. The van der Waals surface area contributed by atoms with Crippen LogP contribution in [0.25, 0.3) is 0 Å². The van der Waals surface area contributed by atoms with Crippen LogP contribution in [-0.4, -0.2) is 4.98 Å². The zero-order chi connectivity index (χ0) is 9.68. The van der Waals surface area contributed by atoms with Crippen molar-refractivity contribution in [3.8, 4) is 12.3 Å². The third-order valence-electron chi connectivity index (χ3n) is 1.92. The van der Waals surface area contributed by atoms with Crippen molar-refractivity contribution in [3.05, 3.63) is 29.6 Å². The molecule has 0 aliphatic rings. The van der Waals surface area contributed by atoms with E-state index in [2.05, 4.69) is 10.9 Å². The molecule has 1 rings (SSSR count). The quantitative estimate of drug-likeness (QED) is 0.710. The molecule has 0 aromatic carbocycles. The number of rotatable bonds is 3. The van der Waals surface area contributed by atoms with Gasteiger partial charge in [0.2, 0.25) is 0 Å². The lowest BCUT2D eigenvalue weighted by molar-refractivity contribution is 0.664. The molecule has 0 aliphatic heterocycles. The lowest BCUT2D eigenvalue weighted by atomic mass is 10.0. The van der Waals surface area contributed by atoms with Gasteiger partial charge in [-0.15, -0.1) is 12.3 Å². The van der Waals surface area contributed by atoms with Crippen LogP contribution in [-0.2, 0) is 0 Å². The van der Waals surface area contributed by atoms with Gasteiger partial charge in [-0.2, -0.15) is 0 Å². The summed E-state index contributed by atoms with van der Waals surface area (Å²) in [6, 6.07) is 2.07. The fourth-order valence-corrected chi connectivity index (χ4v) is 1.19. The minimum Gasteiger partial charge on any atom is -0.324 e. The maximum absolute atomic E-state index is 5.91. The molecule has 2 nitrogen and oxygen atoms in total. The SMILES string of the molecule is C#CCCC(N)c1cncc(C)c1. The van der Waals surface area contributed by atoms with E-state index in [0.29, 0.717) is 0 Å². The number of terminal acetylenes is 1. The Kier molecular flexibility index (Phi) is 3.48. The molecule has 0 fully saturated rings. The predicted molar refractivity (Wildman–Crippen MR) is 54.0 cm³/mol. The lowest BCUT2D eigenvalue weighted by Gasteiger charge is -2.09. The number of aryl methyl sites for hydroxylation is 1. The van der Waals surface area contributed by atoms with Crippen LogP contribution < -0.4 is 5.73 Å². The Bertz CT molecular complexity index is 312. The van der Waals surface area contributed by atoms with Crippen LogP contribution in [0.1, 0.15) is 30.0 Å². The average molecular weight is 174 g/mol.